The van der Waals surface area contributed by atoms with E-state index < -0.39 is 0 Å². The van der Waals surface area contributed by atoms with Gasteiger partial charge in [-0.1, -0.05) is 0 Å². The Morgan fingerprint density at radius 1 is 1.14 bits per heavy atom. The molecule has 2 aromatic heterocycles. The molecule has 0 amide bonds. The minimum absolute atomic E-state index is 0.0168. The molecule has 0 saturated heterocycles. The molecule has 28 heavy (non-hydrogen) atoms. The zero-order valence-corrected chi connectivity index (χ0v) is 15.2. The molecule has 1 aliphatic heterocycles. The number of aryl methyl sites for hydroxylation is 1. The Balaban J connectivity index is 1.58. The average molecular weight is 376 g/mol. The zero-order valence-electron chi connectivity index (χ0n) is 15.2. The molecule has 0 fully saturated rings. The van der Waals surface area contributed by atoms with Crippen LogP contribution in [0.2, 0.25) is 0 Å². The van der Waals surface area contributed by atoms with Crippen LogP contribution in [0.5, 0.6) is 0 Å². The summed E-state index contributed by atoms with van der Waals surface area (Å²) in [5.74, 6) is 0.408. The Morgan fingerprint density at radius 3 is 2.75 bits per heavy atom. The van der Waals surface area contributed by atoms with E-state index in [1.54, 1.807) is 23.0 Å². The normalized spacial score (nSPS) is 13.2. The number of anilines is 3. The maximum atomic E-state index is 12.2. The van der Waals surface area contributed by atoms with Gasteiger partial charge in [-0.25, -0.2) is 4.98 Å². The number of allylic oxidation sites excluding steroid dienone is 1. The average Bonchev–Trinajstić information content (AvgIpc) is 2.74. The lowest BCUT2D eigenvalue weighted by Gasteiger charge is -2.20. The number of pyridine rings is 1. The third kappa shape index (κ3) is 3.77. The summed E-state index contributed by atoms with van der Waals surface area (Å²) in [6.45, 7) is 1.02. The molecule has 142 valence electrons. The molecule has 3 heterocycles. The smallest absolute Gasteiger partial charge is 0.252 e. The van der Waals surface area contributed by atoms with Crippen LogP contribution in [0.3, 0.4) is 0 Å². The molecule has 0 unspecified atom stereocenters. The number of nitrogens with zero attached hydrogens (tertiary/aromatic N) is 5. The van der Waals surface area contributed by atoms with Gasteiger partial charge in [0.05, 0.1) is 0 Å². The highest BCUT2D eigenvalue weighted by Crippen LogP contribution is 2.21. The molecule has 4 rings (SSSR count). The van der Waals surface area contributed by atoms with Crippen LogP contribution in [0.4, 0.5) is 17.3 Å². The molecule has 0 spiro atoms. The number of aliphatic hydroxyl groups excluding tert-OH is 1. The van der Waals surface area contributed by atoms with Crippen LogP contribution in [0, 0.1) is 0 Å². The van der Waals surface area contributed by atoms with Gasteiger partial charge in [-0.05, 0) is 42.8 Å². The predicted molar refractivity (Wildman–Crippen MR) is 110 cm³/mol. The fraction of sp³-hybridized carbons (Fsp3) is 0.200. The third-order valence-electron chi connectivity index (χ3n) is 4.41. The highest BCUT2D eigenvalue weighted by Gasteiger charge is 2.08. The van der Waals surface area contributed by atoms with Crippen molar-refractivity contribution in [1.29, 1.82) is 0 Å². The Morgan fingerprint density at radius 2 is 2.00 bits per heavy atom. The van der Waals surface area contributed by atoms with E-state index in [9.17, 15) is 4.79 Å². The predicted octanol–water partition coefficient (Wildman–Crippen LogP) is 2.28. The van der Waals surface area contributed by atoms with Crippen molar-refractivity contribution in [1.82, 2.24) is 14.5 Å². The van der Waals surface area contributed by atoms with Crippen molar-refractivity contribution >= 4 is 34.6 Å². The fourth-order valence-electron chi connectivity index (χ4n) is 3.00. The van der Waals surface area contributed by atoms with Crippen LogP contribution in [-0.4, -0.2) is 39.1 Å². The van der Waals surface area contributed by atoms with Gasteiger partial charge in [0.1, 0.15) is 12.3 Å². The van der Waals surface area contributed by atoms with Crippen LogP contribution in [0.1, 0.15) is 6.42 Å². The lowest BCUT2D eigenvalue weighted by molar-refractivity contribution is 0.280. The highest BCUT2D eigenvalue weighted by molar-refractivity contribution is 5.76. The number of fused-ring (bicyclic) bond motifs is 1. The molecule has 1 aliphatic rings. The first-order valence-electron chi connectivity index (χ1n) is 9.02. The standard InChI is InChI=1S/C20H20N6O2/c27-12-2-11-26-18(28)8-3-15-13-22-20(24-19(15)26)23-16-4-6-17(7-5-16)25-10-1-9-21-14-25/h1,3-10,13,27H,2,11-12,14H2,(H,22,23,24). The molecule has 1 aromatic carbocycles. The minimum Gasteiger partial charge on any atom is -0.396 e. The summed E-state index contributed by atoms with van der Waals surface area (Å²) in [6.07, 6.45) is 7.83. The summed E-state index contributed by atoms with van der Waals surface area (Å²) in [7, 11) is 0. The van der Waals surface area contributed by atoms with Crippen molar-refractivity contribution < 1.29 is 5.11 Å². The lowest BCUT2D eigenvalue weighted by Crippen LogP contribution is -2.21. The molecule has 0 radical (unpaired) electrons. The molecular formula is C20H20N6O2. The number of aliphatic hydroxyl groups is 1. The molecule has 3 aromatic rings. The second-order valence-electron chi connectivity index (χ2n) is 6.33. The summed E-state index contributed by atoms with van der Waals surface area (Å²) >= 11 is 0. The first kappa shape index (κ1) is 17.9. The second-order valence-corrected chi connectivity index (χ2v) is 6.33. The van der Waals surface area contributed by atoms with Gasteiger partial charge in [0.25, 0.3) is 5.56 Å². The van der Waals surface area contributed by atoms with Gasteiger partial charge in [0, 0.05) is 54.6 Å². The van der Waals surface area contributed by atoms with Crippen LogP contribution < -0.4 is 15.8 Å². The van der Waals surface area contributed by atoms with Crippen molar-refractivity contribution in [2.24, 2.45) is 4.99 Å². The van der Waals surface area contributed by atoms with E-state index in [0.29, 0.717) is 31.2 Å². The molecule has 8 heteroatoms. The maximum Gasteiger partial charge on any atom is 0.252 e. The zero-order chi connectivity index (χ0) is 19.3. The van der Waals surface area contributed by atoms with E-state index in [1.165, 1.54) is 6.07 Å². The molecule has 0 saturated carbocycles. The summed E-state index contributed by atoms with van der Waals surface area (Å²) in [5, 5.41) is 13.0. The Hall–Kier alpha value is -3.52. The molecule has 0 aliphatic carbocycles. The monoisotopic (exact) mass is 376 g/mol. The van der Waals surface area contributed by atoms with E-state index in [1.807, 2.05) is 41.4 Å². The Bertz CT molecular complexity index is 1090. The van der Waals surface area contributed by atoms with Crippen molar-refractivity contribution in [2.75, 3.05) is 23.5 Å². The van der Waals surface area contributed by atoms with E-state index in [4.69, 9.17) is 5.11 Å². The van der Waals surface area contributed by atoms with Gasteiger partial charge in [-0.2, -0.15) is 4.98 Å². The van der Waals surface area contributed by atoms with Crippen LogP contribution >= 0.6 is 0 Å². The van der Waals surface area contributed by atoms with E-state index in [-0.39, 0.29) is 12.2 Å². The Kier molecular flexibility index (Phi) is 5.11. The topological polar surface area (TPSA) is 95.6 Å². The molecule has 2 N–H and O–H groups in total. The third-order valence-corrected chi connectivity index (χ3v) is 4.41. The minimum atomic E-state index is -0.146. The molecule has 0 bridgehead atoms. The van der Waals surface area contributed by atoms with Crippen LogP contribution in [-0.2, 0) is 6.54 Å². The van der Waals surface area contributed by atoms with Gasteiger partial charge in [0.2, 0.25) is 5.95 Å². The maximum absolute atomic E-state index is 12.2. The van der Waals surface area contributed by atoms with Gasteiger partial charge in [-0.3, -0.25) is 14.4 Å². The van der Waals surface area contributed by atoms with Crippen LogP contribution in [0.25, 0.3) is 11.0 Å². The number of aliphatic imine (C=N–C) groups is 1. The first-order chi connectivity index (χ1) is 13.7. The fourth-order valence-corrected chi connectivity index (χ4v) is 3.00. The first-order valence-corrected chi connectivity index (χ1v) is 9.02. The van der Waals surface area contributed by atoms with Gasteiger partial charge in [-0.15, -0.1) is 0 Å². The van der Waals surface area contributed by atoms with Crippen LogP contribution in [0.15, 0.2) is 64.7 Å². The van der Waals surface area contributed by atoms with Gasteiger partial charge >= 0.3 is 0 Å². The van der Waals surface area contributed by atoms with E-state index in [0.717, 1.165) is 16.8 Å². The summed E-state index contributed by atoms with van der Waals surface area (Å²) < 4.78 is 1.56. The van der Waals surface area contributed by atoms with Gasteiger partial charge in [0.15, 0.2) is 0 Å². The molecule has 0 atom stereocenters. The molecule has 8 nitrogen and oxygen atoms in total. The van der Waals surface area contributed by atoms with Crippen molar-refractivity contribution in [3.05, 3.63) is 65.2 Å². The summed E-state index contributed by atoms with van der Waals surface area (Å²) in [6, 6.07) is 11.1. The number of hydrogen-bond acceptors (Lipinski definition) is 7. The largest absolute Gasteiger partial charge is 0.396 e. The summed E-state index contributed by atoms with van der Waals surface area (Å²) in [4.78, 5) is 27.3. The lowest BCUT2D eigenvalue weighted by atomic mass is 10.2. The highest BCUT2D eigenvalue weighted by atomic mass is 16.3. The van der Waals surface area contributed by atoms with Crippen molar-refractivity contribution in [3.63, 3.8) is 0 Å². The number of benzene rings is 1. The number of hydrogen-bond donors (Lipinski definition) is 2. The van der Waals surface area contributed by atoms with E-state index in [2.05, 4.69) is 20.3 Å². The quantitative estimate of drug-likeness (QED) is 0.685. The number of rotatable bonds is 6. The number of aromatic nitrogens is 3. The molecular weight excluding hydrogens is 356 g/mol. The Labute approximate surface area is 161 Å². The van der Waals surface area contributed by atoms with E-state index >= 15 is 0 Å². The number of nitrogens with one attached hydrogen (secondary N) is 1. The second kappa shape index (κ2) is 8.01. The van der Waals surface area contributed by atoms with Crippen molar-refractivity contribution in [2.45, 2.75) is 13.0 Å². The summed E-state index contributed by atoms with van der Waals surface area (Å²) in [5.41, 5.74) is 2.28. The van der Waals surface area contributed by atoms with Crippen molar-refractivity contribution in [3.8, 4) is 0 Å². The SMILES string of the molecule is O=c1ccc2cnc(Nc3ccc(N4C=CC=NC4)cc3)nc2n1CCCO. The van der Waals surface area contributed by atoms with Gasteiger partial charge < -0.3 is 15.3 Å².